The molecule has 17 heavy (non-hydrogen) atoms. The predicted molar refractivity (Wildman–Crippen MR) is 75.8 cm³/mol. The number of hydrogen-bond donors (Lipinski definition) is 2. The van der Waals surface area contributed by atoms with Crippen molar-refractivity contribution in [1.29, 1.82) is 0 Å². The molecule has 0 saturated carbocycles. The second kappa shape index (κ2) is 7.69. The molecule has 0 heterocycles. The summed E-state index contributed by atoms with van der Waals surface area (Å²) >= 11 is 3.39. The average Bonchev–Trinajstić information content (AvgIpc) is 2.30. The third kappa shape index (κ3) is 5.52. The fourth-order valence-corrected chi connectivity index (χ4v) is 2.00. The molecular weight excluding hydrogens is 280 g/mol. The number of nitrogens with zero attached hydrogens (tertiary/aromatic N) is 1. The second-order valence-electron chi connectivity index (χ2n) is 4.38. The minimum absolute atomic E-state index is 0.299. The fourth-order valence-electron chi connectivity index (χ4n) is 1.75. The van der Waals surface area contributed by atoms with Gasteiger partial charge in [0.25, 0.3) is 0 Å². The van der Waals surface area contributed by atoms with Crippen LogP contribution in [0, 0.1) is 0 Å². The van der Waals surface area contributed by atoms with Gasteiger partial charge in [-0.15, -0.1) is 0 Å². The molecule has 0 bridgehead atoms. The Kier molecular flexibility index (Phi) is 6.55. The number of unbranched alkanes of at least 4 members (excludes halogenated alkanes) is 2. The Hall–Kier alpha value is -0.580. The van der Waals surface area contributed by atoms with Crippen LogP contribution in [0.5, 0.6) is 0 Å². The van der Waals surface area contributed by atoms with E-state index in [0.29, 0.717) is 6.61 Å². The molecule has 3 nitrogen and oxygen atoms in total. The van der Waals surface area contributed by atoms with Crippen LogP contribution in [0.3, 0.4) is 0 Å². The van der Waals surface area contributed by atoms with Crippen molar-refractivity contribution in [2.24, 2.45) is 0 Å². The zero-order valence-corrected chi connectivity index (χ0v) is 11.9. The summed E-state index contributed by atoms with van der Waals surface area (Å²) in [6.07, 6.45) is 3.12. The van der Waals surface area contributed by atoms with Crippen molar-refractivity contribution in [3.05, 3.63) is 28.2 Å². The summed E-state index contributed by atoms with van der Waals surface area (Å²) < 4.78 is 0.951. The number of hydrogen-bond acceptors (Lipinski definition) is 3. The first-order valence-corrected chi connectivity index (χ1v) is 6.76. The zero-order valence-electron chi connectivity index (χ0n) is 10.3. The number of halogens is 1. The molecule has 0 atom stereocenters. The van der Waals surface area contributed by atoms with E-state index in [1.807, 2.05) is 12.1 Å². The summed E-state index contributed by atoms with van der Waals surface area (Å²) in [5, 5.41) is 8.69. The van der Waals surface area contributed by atoms with Crippen LogP contribution in [0.25, 0.3) is 0 Å². The molecule has 0 aliphatic rings. The van der Waals surface area contributed by atoms with Gasteiger partial charge in [0.05, 0.1) is 0 Å². The maximum atomic E-state index is 8.69. The van der Waals surface area contributed by atoms with Crippen molar-refractivity contribution >= 4 is 21.6 Å². The molecule has 0 aliphatic carbocycles. The minimum Gasteiger partial charge on any atom is -0.398 e. The summed E-state index contributed by atoms with van der Waals surface area (Å²) in [6, 6.07) is 6.09. The van der Waals surface area contributed by atoms with Gasteiger partial charge in [-0.3, -0.25) is 0 Å². The number of anilines is 1. The highest BCUT2D eigenvalue weighted by Gasteiger charge is 2.02. The summed E-state index contributed by atoms with van der Waals surface area (Å²) in [4.78, 5) is 2.28. The Morgan fingerprint density at radius 2 is 2.06 bits per heavy atom. The van der Waals surface area contributed by atoms with Crippen molar-refractivity contribution in [3.8, 4) is 0 Å². The van der Waals surface area contributed by atoms with Gasteiger partial charge >= 0.3 is 0 Å². The molecule has 1 aromatic rings. The summed E-state index contributed by atoms with van der Waals surface area (Å²) in [7, 11) is 2.11. The highest BCUT2D eigenvalue weighted by Crippen LogP contribution is 2.20. The average molecular weight is 301 g/mol. The highest BCUT2D eigenvalue weighted by molar-refractivity contribution is 9.10. The molecule has 0 spiro atoms. The van der Waals surface area contributed by atoms with Crippen LogP contribution >= 0.6 is 15.9 Å². The Labute approximate surface area is 112 Å². The van der Waals surface area contributed by atoms with Crippen LogP contribution in [-0.2, 0) is 6.54 Å². The van der Waals surface area contributed by atoms with Gasteiger partial charge in [-0.1, -0.05) is 6.07 Å². The largest absolute Gasteiger partial charge is 0.398 e. The van der Waals surface area contributed by atoms with Gasteiger partial charge in [0, 0.05) is 23.3 Å². The molecule has 4 heteroatoms. The number of nitrogen functional groups attached to an aromatic ring is 1. The van der Waals surface area contributed by atoms with Crippen molar-refractivity contribution in [3.63, 3.8) is 0 Å². The van der Waals surface area contributed by atoms with E-state index in [0.717, 1.165) is 42.5 Å². The number of benzene rings is 1. The van der Waals surface area contributed by atoms with E-state index in [-0.39, 0.29) is 0 Å². The predicted octanol–water partition coefficient (Wildman–Crippen LogP) is 2.63. The Morgan fingerprint density at radius 1 is 1.29 bits per heavy atom. The van der Waals surface area contributed by atoms with Crippen LogP contribution < -0.4 is 5.73 Å². The van der Waals surface area contributed by atoms with E-state index in [9.17, 15) is 0 Å². The zero-order chi connectivity index (χ0) is 12.7. The third-order valence-corrected chi connectivity index (χ3v) is 3.43. The van der Waals surface area contributed by atoms with E-state index in [2.05, 4.69) is 33.9 Å². The molecule has 1 rings (SSSR count). The van der Waals surface area contributed by atoms with Crippen LogP contribution in [-0.4, -0.2) is 30.2 Å². The van der Waals surface area contributed by atoms with Gasteiger partial charge in [-0.2, -0.15) is 0 Å². The number of nitrogens with two attached hydrogens (primary N) is 1. The smallest absolute Gasteiger partial charge is 0.0461 e. The molecule has 0 unspecified atom stereocenters. The number of aliphatic hydroxyl groups excluding tert-OH is 1. The molecule has 96 valence electrons. The monoisotopic (exact) mass is 300 g/mol. The standard InChI is InChI=1S/C13H21BrN2O/c1-16(7-3-2-4-8-17)10-11-5-6-12(14)13(15)9-11/h5-6,9,17H,2-4,7-8,10,15H2,1H3. The quantitative estimate of drug-likeness (QED) is 0.601. The first-order chi connectivity index (χ1) is 8.13. The van der Waals surface area contributed by atoms with Crippen molar-refractivity contribution in [1.82, 2.24) is 4.90 Å². The van der Waals surface area contributed by atoms with Gasteiger partial charge in [-0.25, -0.2) is 0 Å². The lowest BCUT2D eigenvalue weighted by atomic mass is 10.2. The second-order valence-corrected chi connectivity index (χ2v) is 5.23. The van der Waals surface area contributed by atoms with Gasteiger partial charge in [0.2, 0.25) is 0 Å². The van der Waals surface area contributed by atoms with Crippen molar-refractivity contribution in [2.75, 3.05) is 25.9 Å². The first-order valence-electron chi connectivity index (χ1n) is 5.97. The summed E-state index contributed by atoms with van der Waals surface area (Å²) in [5.74, 6) is 0. The summed E-state index contributed by atoms with van der Waals surface area (Å²) in [5.41, 5.74) is 7.86. The van der Waals surface area contributed by atoms with E-state index < -0.39 is 0 Å². The number of aliphatic hydroxyl groups is 1. The lowest BCUT2D eigenvalue weighted by molar-refractivity contribution is 0.271. The molecule has 0 aliphatic heterocycles. The lowest BCUT2D eigenvalue weighted by Gasteiger charge is -2.17. The minimum atomic E-state index is 0.299. The molecule has 0 radical (unpaired) electrons. The Bertz CT molecular complexity index is 344. The lowest BCUT2D eigenvalue weighted by Crippen LogP contribution is -2.19. The van der Waals surface area contributed by atoms with E-state index in [1.165, 1.54) is 5.56 Å². The van der Waals surface area contributed by atoms with Gasteiger partial charge < -0.3 is 15.7 Å². The van der Waals surface area contributed by atoms with Gasteiger partial charge in [0.1, 0.15) is 0 Å². The third-order valence-electron chi connectivity index (χ3n) is 2.71. The first kappa shape index (κ1) is 14.5. The molecular formula is C13H21BrN2O. The molecule has 0 aromatic heterocycles. The van der Waals surface area contributed by atoms with E-state index >= 15 is 0 Å². The van der Waals surface area contributed by atoms with Crippen LogP contribution in [0.4, 0.5) is 5.69 Å². The topological polar surface area (TPSA) is 49.5 Å². The Morgan fingerprint density at radius 3 is 2.71 bits per heavy atom. The maximum Gasteiger partial charge on any atom is 0.0461 e. The maximum absolute atomic E-state index is 8.69. The van der Waals surface area contributed by atoms with E-state index in [1.54, 1.807) is 0 Å². The van der Waals surface area contributed by atoms with Crippen LogP contribution in [0.2, 0.25) is 0 Å². The normalized spacial score (nSPS) is 11.1. The van der Waals surface area contributed by atoms with Crippen molar-refractivity contribution in [2.45, 2.75) is 25.8 Å². The molecule has 0 saturated heterocycles. The van der Waals surface area contributed by atoms with Crippen LogP contribution in [0.15, 0.2) is 22.7 Å². The summed E-state index contributed by atoms with van der Waals surface area (Å²) in [6.45, 7) is 2.26. The van der Waals surface area contributed by atoms with Crippen LogP contribution in [0.1, 0.15) is 24.8 Å². The molecule has 0 amide bonds. The SMILES string of the molecule is CN(CCCCCO)Cc1ccc(Br)c(N)c1. The fraction of sp³-hybridized carbons (Fsp3) is 0.538. The molecule has 3 N–H and O–H groups in total. The Balaban J connectivity index is 2.34. The molecule has 1 aromatic carbocycles. The molecule has 0 fully saturated rings. The number of rotatable bonds is 7. The van der Waals surface area contributed by atoms with E-state index in [4.69, 9.17) is 10.8 Å². The van der Waals surface area contributed by atoms with Crippen molar-refractivity contribution < 1.29 is 5.11 Å². The van der Waals surface area contributed by atoms with Gasteiger partial charge in [-0.05, 0) is 66.5 Å². The highest BCUT2D eigenvalue weighted by atomic mass is 79.9. The van der Waals surface area contributed by atoms with Gasteiger partial charge in [0.15, 0.2) is 0 Å².